The van der Waals surface area contributed by atoms with Crippen molar-refractivity contribution in [2.45, 2.75) is 34.1 Å². The number of nitrogens with zero attached hydrogens (tertiary/aromatic N) is 2. The van der Waals surface area contributed by atoms with Crippen molar-refractivity contribution in [1.82, 2.24) is 0 Å². The third kappa shape index (κ3) is 7.25. The lowest BCUT2D eigenvalue weighted by Crippen LogP contribution is -2.08. The first-order valence-electron chi connectivity index (χ1n) is 4.34. The van der Waals surface area contributed by atoms with Crippen LogP contribution in [0.25, 0.3) is 0 Å². The number of amidine groups is 2. The molecule has 0 amide bonds. The van der Waals surface area contributed by atoms with E-state index in [0.717, 1.165) is 18.8 Å². The highest BCUT2D eigenvalue weighted by atomic mass is 14.9. The summed E-state index contributed by atoms with van der Waals surface area (Å²) in [6.07, 6.45) is 1.11. The summed E-state index contributed by atoms with van der Waals surface area (Å²) >= 11 is 0. The second kappa shape index (κ2) is 5.75. The van der Waals surface area contributed by atoms with Crippen LogP contribution in [-0.4, -0.2) is 18.2 Å². The van der Waals surface area contributed by atoms with Gasteiger partial charge >= 0.3 is 0 Å². The van der Waals surface area contributed by atoms with Gasteiger partial charge < -0.3 is 5.73 Å². The molecule has 0 saturated carbocycles. The van der Waals surface area contributed by atoms with Crippen molar-refractivity contribution in [3.05, 3.63) is 0 Å². The first-order valence-corrected chi connectivity index (χ1v) is 4.34. The fourth-order valence-corrected chi connectivity index (χ4v) is 0.775. The first kappa shape index (κ1) is 11.1. The molecule has 12 heavy (non-hydrogen) atoms. The molecule has 0 aliphatic rings. The Kier molecular flexibility index (Phi) is 5.34. The van der Waals surface area contributed by atoms with Gasteiger partial charge in [-0.15, -0.1) is 0 Å². The van der Waals surface area contributed by atoms with E-state index in [2.05, 4.69) is 23.8 Å². The number of rotatable bonds is 3. The minimum absolute atomic E-state index is 0.570. The fourth-order valence-electron chi connectivity index (χ4n) is 0.775. The molecule has 0 spiro atoms. The number of nitrogens with two attached hydrogens (primary N) is 1. The fraction of sp³-hybridized carbons (Fsp3) is 0.778. The van der Waals surface area contributed by atoms with Gasteiger partial charge in [0.05, 0.1) is 5.84 Å². The van der Waals surface area contributed by atoms with Crippen molar-refractivity contribution in [2.75, 3.05) is 6.54 Å². The van der Waals surface area contributed by atoms with Crippen molar-refractivity contribution >= 4 is 11.7 Å². The van der Waals surface area contributed by atoms with Crippen molar-refractivity contribution < 1.29 is 0 Å². The standard InChI is InChI=1S/C9H19N3/c1-7(2)5-6-11-9(4)12-8(3)10/h7H,5-6H2,1-4H3,(H2,10,11,12). The maximum absolute atomic E-state index is 5.39. The highest BCUT2D eigenvalue weighted by Gasteiger charge is 1.92. The van der Waals surface area contributed by atoms with Crippen LogP contribution in [0.15, 0.2) is 9.98 Å². The van der Waals surface area contributed by atoms with E-state index in [0.29, 0.717) is 11.8 Å². The van der Waals surface area contributed by atoms with Crippen LogP contribution in [0.3, 0.4) is 0 Å². The molecule has 0 unspecified atom stereocenters. The van der Waals surface area contributed by atoms with Gasteiger partial charge in [0, 0.05) is 6.54 Å². The van der Waals surface area contributed by atoms with Gasteiger partial charge in [0.1, 0.15) is 5.84 Å². The topological polar surface area (TPSA) is 50.7 Å². The van der Waals surface area contributed by atoms with Crippen LogP contribution in [0.4, 0.5) is 0 Å². The lowest BCUT2D eigenvalue weighted by molar-refractivity contribution is 0.597. The Labute approximate surface area is 74.8 Å². The van der Waals surface area contributed by atoms with Crippen molar-refractivity contribution in [2.24, 2.45) is 21.6 Å². The lowest BCUT2D eigenvalue weighted by Gasteiger charge is -2.00. The van der Waals surface area contributed by atoms with Gasteiger partial charge in [-0.1, -0.05) is 13.8 Å². The summed E-state index contributed by atoms with van der Waals surface area (Å²) in [4.78, 5) is 8.27. The van der Waals surface area contributed by atoms with Gasteiger partial charge in [-0.2, -0.15) is 0 Å². The SMILES string of the molecule is CC(N)=NC(C)=NCCC(C)C. The molecule has 0 aromatic heterocycles. The number of aliphatic imine (C=N–C) groups is 2. The molecule has 3 heteroatoms. The minimum Gasteiger partial charge on any atom is -0.387 e. The molecule has 0 atom stereocenters. The Balaban J connectivity index is 3.78. The van der Waals surface area contributed by atoms with Crippen LogP contribution >= 0.6 is 0 Å². The molecule has 0 aliphatic heterocycles. The Bertz CT molecular complexity index is 176. The molecule has 70 valence electrons. The van der Waals surface area contributed by atoms with Gasteiger partial charge in [0.15, 0.2) is 0 Å². The molecular weight excluding hydrogens is 150 g/mol. The highest BCUT2D eigenvalue weighted by Crippen LogP contribution is 1.98. The smallest absolute Gasteiger partial charge is 0.122 e. The summed E-state index contributed by atoms with van der Waals surface area (Å²) in [5.41, 5.74) is 5.39. The van der Waals surface area contributed by atoms with E-state index in [1.807, 2.05) is 6.92 Å². The Morgan fingerprint density at radius 1 is 1.33 bits per heavy atom. The van der Waals surface area contributed by atoms with E-state index in [1.54, 1.807) is 6.92 Å². The average molecular weight is 169 g/mol. The molecule has 0 fully saturated rings. The van der Waals surface area contributed by atoms with Crippen LogP contribution in [0, 0.1) is 5.92 Å². The van der Waals surface area contributed by atoms with Crippen LogP contribution in [-0.2, 0) is 0 Å². The maximum atomic E-state index is 5.39. The van der Waals surface area contributed by atoms with E-state index in [1.165, 1.54) is 0 Å². The molecule has 0 heterocycles. The molecule has 0 bridgehead atoms. The summed E-state index contributed by atoms with van der Waals surface area (Å²) in [7, 11) is 0. The summed E-state index contributed by atoms with van der Waals surface area (Å²) in [6.45, 7) is 8.85. The van der Waals surface area contributed by atoms with E-state index in [-0.39, 0.29) is 0 Å². The maximum Gasteiger partial charge on any atom is 0.122 e. The zero-order chi connectivity index (χ0) is 9.56. The largest absolute Gasteiger partial charge is 0.387 e. The average Bonchev–Trinajstić information content (AvgIpc) is 1.84. The number of hydrogen-bond acceptors (Lipinski definition) is 1. The van der Waals surface area contributed by atoms with Crippen LogP contribution in [0.5, 0.6) is 0 Å². The molecule has 0 aromatic carbocycles. The number of hydrogen-bond donors (Lipinski definition) is 1. The Hall–Kier alpha value is -0.860. The van der Waals surface area contributed by atoms with Gasteiger partial charge in [0.25, 0.3) is 0 Å². The van der Waals surface area contributed by atoms with Crippen LogP contribution in [0.2, 0.25) is 0 Å². The molecular formula is C9H19N3. The molecule has 0 aliphatic carbocycles. The van der Waals surface area contributed by atoms with Crippen LogP contribution < -0.4 is 5.73 Å². The molecule has 0 radical (unpaired) electrons. The molecule has 0 aromatic rings. The summed E-state index contributed by atoms with van der Waals surface area (Å²) < 4.78 is 0. The van der Waals surface area contributed by atoms with Gasteiger partial charge in [0.2, 0.25) is 0 Å². The third-order valence-corrected chi connectivity index (χ3v) is 1.39. The van der Waals surface area contributed by atoms with Crippen molar-refractivity contribution in [1.29, 1.82) is 0 Å². The van der Waals surface area contributed by atoms with Crippen molar-refractivity contribution in [3.8, 4) is 0 Å². The monoisotopic (exact) mass is 169 g/mol. The van der Waals surface area contributed by atoms with Gasteiger partial charge in [-0.3, -0.25) is 4.99 Å². The van der Waals surface area contributed by atoms with Gasteiger partial charge in [-0.25, -0.2) is 4.99 Å². The summed E-state index contributed by atoms with van der Waals surface area (Å²) in [6, 6.07) is 0. The first-order chi connectivity index (χ1) is 5.52. The van der Waals surface area contributed by atoms with E-state index in [9.17, 15) is 0 Å². The molecule has 3 nitrogen and oxygen atoms in total. The lowest BCUT2D eigenvalue weighted by atomic mass is 10.1. The van der Waals surface area contributed by atoms with E-state index < -0.39 is 0 Å². The van der Waals surface area contributed by atoms with E-state index in [4.69, 9.17) is 5.73 Å². The predicted molar refractivity (Wildman–Crippen MR) is 54.7 cm³/mol. The molecule has 2 N–H and O–H groups in total. The Morgan fingerprint density at radius 3 is 2.33 bits per heavy atom. The van der Waals surface area contributed by atoms with Crippen molar-refractivity contribution in [3.63, 3.8) is 0 Å². The van der Waals surface area contributed by atoms with Crippen LogP contribution in [0.1, 0.15) is 34.1 Å². The third-order valence-electron chi connectivity index (χ3n) is 1.39. The van der Waals surface area contributed by atoms with Gasteiger partial charge in [-0.05, 0) is 26.2 Å². The zero-order valence-electron chi connectivity index (χ0n) is 8.46. The quantitative estimate of drug-likeness (QED) is 0.508. The summed E-state index contributed by atoms with van der Waals surface area (Å²) in [5.74, 6) is 2.04. The molecule has 0 saturated heterocycles. The minimum atomic E-state index is 0.570. The second-order valence-corrected chi connectivity index (χ2v) is 3.36. The Morgan fingerprint density at radius 2 is 1.92 bits per heavy atom. The zero-order valence-corrected chi connectivity index (χ0v) is 8.46. The van der Waals surface area contributed by atoms with E-state index >= 15 is 0 Å². The predicted octanol–water partition coefficient (Wildman–Crippen LogP) is 1.83. The summed E-state index contributed by atoms with van der Waals surface area (Å²) in [5, 5.41) is 0. The second-order valence-electron chi connectivity index (χ2n) is 3.36. The highest BCUT2D eigenvalue weighted by molar-refractivity contribution is 5.93. The molecule has 0 rings (SSSR count). The normalized spacial score (nSPS) is 14.1.